The molecule has 0 aliphatic heterocycles. The number of hydrogen-bond donors (Lipinski definition) is 5. The van der Waals surface area contributed by atoms with E-state index in [0.29, 0.717) is 12.8 Å². The normalized spacial score (nSPS) is 11.7. The second-order valence-corrected chi connectivity index (χ2v) is 15.8. The van der Waals surface area contributed by atoms with Crippen LogP contribution in [-0.2, 0) is 33.4 Å². The van der Waals surface area contributed by atoms with Crippen LogP contribution >= 0.6 is 0 Å². The highest BCUT2D eigenvalue weighted by atomic mass is 16.6. The van der Waals surface area contributed by atoms with Gasteiger partial charge in [0.1, 0.15) is 12.7 Å². The highest BCUT2D eigenvalue weighted by molar-refractivity contribution is 5.90. The topological polar surface area (TPSA) is 205 Å². The lowest BCUT2D eigenvalue weighted by Crippen LogP contribution is -2.47. The molecule has 336 valence electrons. The summed E-state index contributed by atoms with van der Waals surface area (Å²) >= 11 is 0. The molecule has 0 rings (SSSR count). The van der Waals surface area contributed by atoms with Crippen LogP contribution in [0.3, 0.4) is 0 Å². The first-order chi connectivity index (χ1) is 27.4. The molecule has 0 aromatic rings. The first-order valence-electron chi connectivity index (χ1n) is 22.8. The smallest absolute Gasteiger partial charge is 0.349 e. The Balaban J connectivity index is 0. The van der Waals surface area contributed by atoms with Crippen molar-refractivity contribution in [3.8, 4) is 0 Å². The second-order valence-electron chi connectivity index (χ2n) is 15.8. The zero-order chi connectivity index (χ0) is 42.8. The van der Waals surface area contributed by atoms with Crippen LogP contribution in [-0.4, -0.2) is 80.3 Å². The van der Waals surface area contributed by atoms with Crippen LogP contribution in [0.25, 0.3) is 0 Å². The number of carboxylic acids is 3. The minimum atomic E-state index is -2.58. The summed E-state index contributed by atoms with van der Waals surface area (Å²) in [7, 11) is 0. The standard InChI is InChI=1S/C24H42O8.C21H42O4/c1-2-3-4-5-6-7-8-9-10-11-12-13-14-15-16-17-22(29)32-24(23(30)31,18-20(25)26)19-21(27)28;1-2-3-4-5-6-7-8-9-10-11-12-13-14-15-16-17-21(24)25-19-20(23)18-22/h2-19H2,1H3,(H,25,26)(H,27,28)(H,30,31);20,22-23H,2-19H2,1H3. The van der Waals surface area contributed by atoms with Crippen LogP contribution in [0.1, 0.15) is 232 Å². The van der Waals surface area contributed by atoms with Gasteiger partial charge in [0, 0.05) is 12.8 Å². The molecule has 0 spiro atoms. The number of carbonyl (C=O) groups excluding carboxylic acids is 2. The van der Waals surface area contributed by atoms with Gasteiger partial charge in [-0.2, -0.15) is 0 Å². The fourth-order valence-corrected chi connectivity index (χ4v) is 6.68. The molecule has 57 heavy (non-hydrogen) atoms. The van der Waals surface area contributed by atoms with Crippen molar-refractivity contribution in [2.45, 2.75) is 244 Å². The summed E-state index contributed by atoms with van der Waals surface area (Å²) in [5.41, 5.74) is -2.58. The average Bonchev–Trinajstić information content (AvgIpc) is 3.16. The maximum atomic E-state index is 12.0. The first-order valence-corrected chi connectivity index (χ1v) is 22.8. The fourth-order valence-electron chi connectivity index (χ4n) is 6.68. The lowest BCUT2D eigenvalue weighted by molar-refractivity contribution is -0.186. The number of rotatable bonds is 41. The maximum absolute atomic E-state index is 12.0. The number of unbranched alkanes of at least 4 members (excludes halogenated alkanes) is 28. The van der Waals surface area contributed by atoms with Crippen molar-refractivity contribution >= 4 is 29.8 Å². The predicted octanol–water partition coefficient (Wildman–Crippen LogP) is 10.7. The van der Waals surface area contributed by atoms with Gasteiger partial charge in [-0.25, -0.2) is 4.79 Å². The third-order valence-electron chi connectivity index (χ3n) is 10.2. The Kier molecular flexibility index (Phi) is 41.0. The lowest BCUT2D eigenvalue weighted by atomic mass is 9.95. The number of hydrogen-bond acceptors (Lipinski definition) is 9. The van der Waals surface area contributed by atoms with Crippen LogP contribution in [0.5, 0.6) is 0 Å². The molecule has 0 aromatic carbocycles. The van der Waals surface area contributed by atoms with Gasteiger partial charge < -0.3 is 35.0 Å². The Labute approximate surface area is 345 Å². The molecule has 1 atom stereocenters. The van der Waals surface area contributed by atoms with Gasteiger partial charge in [0.15, 0.2) is 0 Å². The van der Waals surface area contributed by atoms with Crippen molar-refractivity contribution in [3.05, 3.63) is 0 Å². The van der Waals surface area contributed by atoms with Gasteiger partial charge in [-0.3, -0.25) is 19.2 Å². The molecule has 1 unspecified atom stereocenters. The number of ether oxygens (including phenoxy) is 2. The van der Waals surface area contributed by atoms with Crippen LogP contribution < -0.4 is 0 Å². The van der Waals surface area contributed by atoms with Crippen molar-refractivity contribution < 1.29 is 59.0 Å². The Morgan fingerprint density at radius 3 is 1.00 bits per heavy atom. The quantitative estimate of drug-likeness (QED) is 0.0289. The van der Waals surface area contributed by atoms with Crippen LogP contribution in [0.15, 0.2) is 0 Å². The summed E-state index contributed by atoms with van der Waals surface area (Å²) in [6, 6.07) is 0. The van der Waals surface area contributed by atoms with E-state index in [1.54, 1.807) is 0 Å². The summed E-state index contributed by atoms with van der Waals surface area (Å²) in [6.07, 6.45) is 34.3. The van der Waals surface area contributed by atoms with E-state index in [1.165, 1.54) is 148 Å². The lowest BCUT2D eigenvalue weighted by Gasteiger charge is -2.26. The van der Waals surface area contributed by atoms with Crippen molar-refractivity contribution in [2.24, 2.45) is 0 Å². The van der Waals surface area contributed by atoms with Gasteiger partial charge in [0.2, 0.25) is 5.60 Å². The van der Waals surface area contributed by atoms with Crippen molar-refractivity contribution in [2.75, 3.05) is 13.2 Å². The number of aliphatic carboxylic acids is 3. The number of carboxylic acid groups (broad SMARTS) is 3. The minimum Gasteiger partial charge on any atom is -0.481 e. The number of esters is 2. The van der Waals surface area contributed by atoms with Gasteiger partial charge in [-0.15, -0.1) is 0 Å². The van der Waals surface area contributed by atoms with E-state index in [9.17, 15) is 29.1 Å². The van der Waals surface area contributed by atoms with Crippen molar-refractivity contribution in [1.82, 2.24) is 0 Å². The largest absolute Gasteiger partial charge is 0.481 e. The molecule has 0 saturated carbocycles. The number of carbonyl (C=O) groups is 5. The van der Waals surface area contributed by atoms with Crippen molar-refractivity contribution in [3.63, 3.8) is 0 Å². The third kappa shape index (κ3) is 39.9. The highest BCUT2D eigenvalue weighted by Crippen LogP contribution is 2.24. The average molecular weight is 817 g/mol. The number of aliphatic hydroxyl groups excluding tert-OH is 2. The predicted molar refractivity (Wildman–Crippen MR) is 224 cm³/mol. The molecule has 12 heteroatoms. The van der Waals surface area contributed by atoms with Gasteiger partial charge >= 0.3 is 29.8 Å². The van der Waals surface area contributed by atoms with Gasteiger partial charge in [-0.05, 0) is 12.8 Å². The molecular formula is C45H84O12. The molecule has 0 heterocycles. The van der Waals surface area contributed by atoms with Crippen LogP contribution in [0, 0.1) is 0 Å². The Bertz CT molecular complexity index is 969. The molecule has 0 fully saturated rings. The summed E-state index contributed by atoms with van der Waals surface area (Å²) in [6.45, 7) is 4.02. The second kappa shape index (κ2) is 41.4. The zero-order valence-electron chi connectivity index (χ0n) is 36.1. The van der Waals surface area contributed by atoms with Gasteiger partial charge in [-0.1, -0.05) is 194 Å². The van der Waals surface area contributed by atoms with E-state index < -0.39 is 48.4 Å². The molecule has 12 nitrogen and oxygen atoms in total. The summed E-state index contributed by atoms with van der Waals surface area (Å²) in [5, 5.41) is 44.8. The first kappa shape index (κ1) is 56.4. The summed E-state index contributed by atoms with van der Waals surface area (Å²) in [4.78, 5) is 56.7. The summed E-state index contributed by atoms with van der Waals surface area (Å²) < 4.78 is 9.71. The molecule has 0 amide bonds. The third-order valence-corrected chi connectivity index (χ3v) is 10.2. The van der Waals surface area contributed by atoms with Crippen molar-refractivity contribution in [1.29, 1.82) is 0 Å². The van der Waals surface area contributed by atoms with E-state index in [-0.39, 0.29) is 25.6 Å². The molecule has 0 saturated heterocycles. The molecule has 0 aliphatic rings. The Morgan fingerprint density at radius 1 is 0.456 bits per heavy atom. The Morgan fingerprint density at radius 2 is 0.737 bits per heavy atom. The summed E-state index contributed by atoms with van der Waals surface area (Å²) in [5.74, 6) is -6.03. The molecular weight excluding hydrogens is 732 g/mol. The van der Waals surface area contributed by atoms with Crippen LogP contribution in [0.4, 0.5) is 0 Å². The zero-order valence-corrected chi connectivity index (χ0v) is 36.1. The van der Waals surface area contributed by atoms with E-state index in [2.05, 4.69) is 13.8 Å². The monoisotopic (exact) mass is 817 g/mol. The molecule has 0 aliphatic carbocycles. The van der Waals surface area contributed by atoms with Crippen LogP contribution in [0.2, 0.25) is 0 Å². The minimum absolute atomic E-state index is 0.0630. The van der Waals surface area contributed by atoms with Gasteiger partial charge in [0.05, 0.1) is 19.4 Å². The van der Waals surface area contributed by atoms with E-state index in [1.807, 2.05) is 0 Å². The molecule has 5 N–H and O–H groups in total. The number of aliphatic hydroxyl groups is 2. The van der Waals surface area contributed by atoms with E-state index in [0.717, 1.165) is 38.5 Å². The fraction of sp³-hybridized carbons (Fsp3) is 0.889. The SMILES string of the molecule is CCCCCCCCCCCCCCCCCC(=O)OC(CC(=O)O)(CC(=O)O)C(=O)O.CCCCCCCCCCCCCCCCCC(=O)OCC(O)CO. The molecule has 0 aromatic heterocycles. The molecule has 0 radical (unpaired) electrons. The van der Waals surface area contributed by atoms with E-state index >= 15 is 0 Å². The highest BCUT2D eigenvalue weighted by Gasteiger charge is 2.47. The molecule has 0 bridgehead atoms. The maximum Gasteiger partial charge on any atom is 0.349 e. The van der Waals surface area contributed by atoms with Gasteiger partial charge in [0.25, 0.3) is 0 Å². The van der Waals surface area contributed by atoms with E-state index in [4.69, 9.17) is 29.9 Å². The Hall–Kier alpha value is -2.73.